The average Bonchev–Trinajstić information content (AvgIpc) is 2.75. The summed E-state index contributed by atoms with van der Waals surface area (Å²) in [6, 6.07) is 1.96. The number of hydrogen-bond acceptors (Lipinski definition) is 5. The quantitative estimate of drug-likeness (QED) is 0.705. The molecule has 7 nitrogen and oxygen atoms in total. The lowest BCUT2D eigenvalue weighted by atomic mass is 9.76. The molecule has 1 atom stereocenters. The first-order valence-electron chi connectivity index (χ1n) is 9.89. The van der Waals surface area contributed by atoms with E-state index in [2.05, 4.69) is 5.32 Å². The minimum Gasteiger partial charge on any atom is -0.481 e. The van der Waals surface area contributed by atoms with Crippen molar-refractivity contribution in [3.05, 3.63) is 29.1 Å². The average molecular weight is 423 g/mol. The largest absolute Gasteiger partial charge is 0.494 e. The van der Waals surface area contributed by atoms with Crippen molar-refractivity contribution >= 4 is 24.6 Å². The lowest BCUT2D eigenvalue weighted by Gasteiger charge is -2.32. The van der Waals surface area contributed by atoms with Crippen molar-refractivity contribution in [3.8, 4) is 0 Å². The van der Waals surface area contributed by atoms with Crippen molar-refractivity contribution in [2.24, 2.45) is 0 Å². The number of hydrogen-bond donors (Lipinski definition) is 2. The van der Waals surface area contributed by atoms with E-state index in [9.17, 15) is 19.1 Å². The Morgan fingerprint density at radius 2 is 1.73 bits per heavy atom. The number of aryl methyl sites for hydroxylation is 1. The molecule has 1 heterocycles. The summed E-state index contributed by atoms with van der Waals surface area (Å²) in [7, 11) is -0.750. The van der Waals surface area contributed by atoms with E-state index in [0.29, 0.717) is 11.0 Å². The zero-order valence-corrected chi connectivity index (χ0v) is 18.9. The number of halogens is 1. The first kappa shape index (κ1) is 24.1. The molecule has 9 heteroatoms. The number of ether oxygens (including phenoxy) is 1. The molecule has 1 saturated heterocycles. The van der Waals surface area contributed by atoms with Gasteiger partial charge in [-0.1, -0.05) is 12.1 Å². The summed E-state index contributed by atoms with van der Waals surface area (Å²) in [5.41, 5.74) is -1.09. The molecule has 0 bridgehead atoms. The second-order valence-corrected chi connectivity index (χ2v) is 9.63. The number of rotatable bonds is 5. The normalized spacial score (nSPS) is 18.8. The van der Waals surface area contributed by atoms with Crippen molar-refractivity contribution in [3.63, 3.8) is 0 Å². The number of carboxylic acids is 1. The Morgan fingerprint density at radius 3 is 2.20 bits per heavy atom. The maximum absolute atomic E-state index is 15.0. The van der Waals surface area contributed by atoms with Gasteiger partial charge in [0.05, 0.1) is 23.7 Å². The van der Waals surface area contributed by atoms with Gasteiger partial charge in [-0.25, -0.2) is 9.18 Å². The third-order valence-electron chi connectivity index (χ3n) is 5.28. The van der Waals surface area contributed by atoms with Gasteiger partial charge in [-0.05, 0) is 66.4 Å². The van der Waals surface area contributed by atoms with Gasteiger partial charge in [-0.15, -0.1) is 0 Å². The van der Waals surface area contributed by atoms with Gasteiger partial charge >= 0.3 is 19.2 Å². The molecule has 166 valence electrons. The van der Waals surface area contributed by atoms with Crippen LogP contribution in [0.5, 0.6) is 0 Å². The Hall–Kier alpha value is -2.13. The molecule has 1 fully saturated rings. The monoisotopic (exact) mass is 423 g/mol. The van der Waals surface area contributed by atoms with Crippen molar-refractivity contribution in [2.75, 3.05) is 0 Å². The summed E-state index contributed by atoms with van der Waals surface area (Å²) in [5.74, 6) is -1.79. The van der Waals surface area contributed by atoms with Crippen molar-refractivity contribution in [1.82, 2.24) is 5.32 Å². The van der Waals surface area contributed by atoms with Crippen molar-refractivity contribution < 1.29 is 33.1 Å². The van der Waals surface area contributed by atoms with Crippen LogP contribution >= 0.6 is 0 Å². The lowest BCUT2D eigenvalue weighted by Crippen LogP contribution is -2.41. The molecule has 1 aromatic carbocycles. The van der Waals surface area contributed by atoms with E-state index in [0.717, 1.165) is 0 Å². The van der Waals surface area contributed by atoms with Gasteiger partial charge in [-0.2, -0.15) is 0 Å². The van der Waals surface area contributed by atoms with Crippen LogP contribution in [0.15, 0.2) is 12.1 Å². The molecule has 2 rings (SSSR count). The standard InChI is InChI=1S/C21H31BFNO6/c1-12-9-13(22-29-20(5,6)21(7,8)30-22)10-14(17(12)23)15(11-16(25)26)24-18(27)28-19(2,3)4/h9-10,15H,11H2,1-8H3,(H,24,27)(H,25,26)/t15-/m0/s1. The number of carbonyl (C=O) groups excluding carboxylic acids is 1. The van der Waals surface area contributed by atoms with Crippen LogP contribution in [0.2, 0.25) is 0 Å². The smallest absolute Gasteiger partial charge is 0.481 e. The molecule has 1 aliphatic heterocycles. The number of alkyl carbamates (subject to hydrolysis) is 1. The molecule has 0 saturated carbocycles. The molecule has 0 aliphatic carbocycles. The highest BCUT2D eigenvalue weighted by atomic mass is 19.1. The van der Waals surface area contributed by atoms with E-state index in [4.69, 9.17) is 14.0 Å². The fourth-order valence-electron chi connectivity index (χ4n) is 3.06. The zero-order chi connectivity index (χ0) is 23.1. The van der Waals surface area contributed by atoms with E-state index < -0.39 is 54.3 Å². The number of carboxylic acid groups (broad SMARTS) is 1. The van der Waals surface area contributed by atoms with Crippen LogP contribution in [-0.4, -0.2) is 41.1 Å². The number of aliphatic carboxylic acids is 1. The summed E-state index contributed by atoms with van der Waals surface area (Å²) in [6.45, 7) is 14.2. The maximum Gasteiger partial charge on any atom is 0.494 e. The van der Waals surface area contributed by atoms with Crippen LogP contribution in [0.4, 0.5) is 9.18 Å². The molecule has 0 radical (unpaired) electrons. The van der Waals surface area contributed by atoms with E-state index in [-0.39, 0.29) is 5.56 Å². The molecular weight excluding hydrogens is 392 g/mol. The molecule has 0 aromatic heterocycles. The second kappa shape index (κ2) is 8.19. The minimum atomic E-state index is -1.19. The van der Waals surface area contributed by atoms with Gasteiger partial charge in [0, 0.05) is 5.56 Å². The molecule has 0 unspecified atom stereocenters. The van der Waals surface area contributed by atoms with Gasteiger partial charge in [0.25, 0.3) is 0 Å². The lowest BCUT2D eigenvalue weighted by molar-refractivity contribution is -0.137. The molecule has 1 amide bonds. The van der Waals surface area contributed by atoms with Crippen LogP contribution in [-0.2, 0) is 18.8 Å². The van der Waals surface area contributed by atoms with E-state index in [1.54, 1.807) is 33.8 Å². The van der Waals surface area contributed by atoms with Gasteiger partial charge < -0.3 is 24.5 Å². The Labute approximate surface area is 177 Å². The number of amides is 1. The molecule has 1 aromatic rings. The van der Waals surface area contributed by atoms with Crippen molar-refractivity contribution in [1.29, 1.82) is 0 Å². The maximum atomic E-state index is 15.0. The summed E-state index contributed by atoms with van der Waals surface area (Å²) >= 11 is 0. The number of carbonyl (C=O) groups is 2. The molecule has 30 heavy (non-hydrogen) atoms. The molecule has 2 N–H and O–H groups in total. The van der Waals surface area contributed by atoms with Crippen molar-refractivity contribution in [2.45, 2.75) is 84.7 Å². The summed E-state index contributed by atoms with van der Waals surface area (Å²) in [5, 5.41) is 11.8. The Bertz CT molecular complexity index is 818. The third-order valence-corrected chi connectivity index (χ3v) is 5.28. The number of nitrogens with one attached hydrogen (secondary N) is 1. The van der Waals surface area contributed by atoms with Crippen LogP contribution in [0.25, 0.3) is 0 Å². The van der Waals surface area contributed by atoms with Gasteiger partial charge in [0.1, 0.15) is 11.4 Å². The summed E-state index contributed by atoms with van der Waals surface area (Å²) < 4.78 is 32.3. The minimum absolute atomic E-state index is 0.0352. The molecular formula is C21H31BFNO6. The van der Waals surface area contributed by atoms with E-state index in [1.165, 1.54) is 6.07 Å². The topological polar surface area (TPSA) is 94.1 Å². The SMILES string of the molecule is Cc1cc(B2OC(C)(C)C(C)(C)O2)cc([C@H](CC(=O)O)NC(=O)OC(C)(C)C)c1F. The molecule has 0 spiro atoms. The predicted molar refractivity (Wildman–Crippen MR) is 111 cm³/mol. The highest BCUT2D eigenvalue weighted by Gasteiger charge is 2.52. The summed E-state index contributed by atoms with van der Waals surface area (Å²) in [4.78, 5) is 23.6. The summed E-state index contributed by atoms with van der Waals surface area (Å²) in [6.07, 6.45) is -1.34. The fraction of sp³-hybridized carbons (Fsp3) is 0.619. The van der Waals surface area contributed by atoms with Crippen LogP contribution < -0.4 is 10.8 Å². The Kier molecular flexibility index (Phi) is 6.59. The van der Waals surface area contributed by atoms with E-state index in [1.807, 2.05) is 27.7 Å². The van der Waals surface area contributed by atoms with E-state index >= 15 is 0 Å². The first-order valence-corrected chi connectivity index (χ1v) is 9.89. The van der Waals surface area contributed by atoms with Gasteiger partial charge in [-0.3, -0.25) is 4.79 Å². The number of benzene rings is 1. The Morgan fingerprint density at radius 1 is 1.20 bits per heavy atom. The fourth-order valence-corrected chi connectivity index (χ4v) is 3.06. The highest BCUT2D eigenvalue weighted by Crippen LogP contribution is 2.37. The van der Waals surface area contributed by atoms with Gasteiger partial charge in [0.15, 0.2) is 0 Å². The van der Waals surface area contributed by atoms with Crippen LogP contribution in [0, 0.1) is 12.7 Å². The zero-order valence-electron chi connectivity index (χ0n) is 18.9. The first-order chi connectivity index (χ1) is 13.5. The van der Waals surface area contributed by atoms with Gasteiger partial charge in [0.2, 0.25) is 0 Å². The molecule has 1 aliphatic rings. The second-order valence-electron chi connectivity index (χ2n) is 9.63. The van der Waals surface area contributed by atoms with Crippen LogP contribution in [0.3, 0.4) is 0 Å². The third kappa shape index (κ3) is 5.52. The predicted octanol–water partition coefficient (Wildman–Crippen LogP) is 3.47. The highest BCUT2D eigenvalue weighted by molar-refractivity contribution is 6.62. The Balaban J connectivity index is 2.42. The van der Waals surface area contributed by atoms with Crippen LogP contribution in [0.1, 0.15) is 72.1 Å².